The van der Waals surface area contributed by atoms with Crippen LogP contribution < -0.4 is 10.0 Å². The second-order valence-corrected chi connectivity index (χ2v) is 9.64. The molecule has 0 radical (unpaired) electrons. The minimum atomic E-state index is -3.96. The predicted octanol–water partition coefficient (Wildman–Crippen LogP) is 2.80. The molecule has 3 N–H and O–H groups in total. The van der Waals surface area contributed by atoms with Crippen LogP contribution in [0.2, 0.25) is 10.0 Å². The van der Waals surface area contributed by atoms with Crippen LogP contribution in [0.4, 0.5) is 4.39 Å². The fourth-order valence-corrected chi connectivity index (χ4v) is 4.62. The van der Waals surface area contributed by atoms with Crippen molar-refractivity contribution in [2.24, 2.45) is 0 Å². The van der Waals surface area contributed by atoms with Crippen molar-refractivity contribution in [3.8, 4) is 0 Å². The molecule has 0 saturated carbocycles. The summed E-state index contributed by atoms with van der Waals surface area (Å²) in [6, 6.07) is 8.53. The van der Waals surface area contributed by atoms with E-state index >= 15 is 0 Å². The van der Waals surface area contributed by atoms with Crippen LogP contribution in [0.25, 0.3) is 0 Å². The minimum absolute atomic E-state index is 0.0221. The first-order chi connectivity index (χ1) is 15.2. The molecule has 0 unspecified atom stereocenters. The number of rotatable bonds is 8. The standard InChI is InChI=1S/C21H21Cl2FN2O5S/c22-17-7-1-13(9-18(17)23)11-25-21(28)10-15-4-8-19(20(12-27)31-15)26-32(29,30)16-5-2-14(24)3-6-16/h1-9,15,19-20,26-27H,10-12H2,(H,25,28)/t15-,19-,20-/m1/s1. The lowest BCUT2D eigenvalue weighted by Crippen LogP contribution is -2.49. The average molecular weight is 503 g/mol. The molecule has 3 atom stereocenters. The van der Waals surface area contributed by atoms with E-state index in [2.05, 4.69) is 10.0 Å². The Labute approximate surface area is 195 Å². The third-order valence-corrected chi connectivity index (χ3v) is 6.95. The molecule has 1 aliphatic rings. The third-order valence-electron chi connectivity index (χ3n) is 4.74. The van der Waals surface area contributed by atoms with Crippen LogP contribution in [-0.4, -0.2) is 44.3 Å². The monoisotopic (exact) mass is 502 g/mol. The number of benzene rings is 2. The van der Waals surface area contributed by atoms with Crippen molar-refractivity contribution in [2.45, 2.75) is 36.1 Å². The quantitative estimate of drug-likeness (QED) is 0.481. The Hall–Kier alpha value is -2.01. The Morgan fingerprint density at radius 1 is 1.09 bits per heavy atom. The molecule has 1 aliphatic heterocycles. The summed E-state index contributed by atoms with van der Waals surface area (Å²) in [5.74, 6) is -0.855. The van der Waals surface area contributed by atoms with Crippen molar-refractivity contribution in [1.82, 2.24) is 10.0 Å². The zero-order valence-electron chi connectivity index (χ0n) is 16.7. The van der Waals surface area contributed by atoms with Gasteiger partial charge in [-0.3, -0.25) is 4.79 Å². The number of aliphatic hydroxyl groups excluding tert-OH is 1. The van der Waals surface area contributed by atoms with E-state index in [0.29, 0.717) is 10.0 Å². The molecule has 3 rings (SSSR count). The van der Waals surface area contributed by atoms with Crippen LogP contribution in [0.15, 0.2) is 59.5 Å². The molecule has 0 saturated heterocycles. The number of halogens is 3. The van der Waals surface area contributed by atoms with Crippen LogP contribution in [0.3, 0.4) is 0 Å². The molecule has 0 aromatic heterocycles. The van der Waals surface area contributed by atoms with E-state index in [1.807, 2.05) is 0 Å². The highest BCUT2D eigenvalue weighted by Crippen LogP contribution is 2.23. The molecule has 0 spiro atoms. The molecule has 172 valence electrons. The smallest absolute Gasteiger partial charge is 0.241 e. The van der Waals surface area contributed by atoms with Gasteiger partial charge >= 0.3 is 0 Å². The maximum Gasteiger partial charge on any atom is 0.241 e. The van der Waals surface area contributed by atoms with Crippen molar-refractivity contribution in [3.05, 3.63) is 76.0 Å². The van der Waals surface area contributed by atoms with Crippen molar-refractivity contribution in [3.63, 3.8) is 0 Å². The lowest BCUT2D eigenvalue weighted by atomic mass is 10.1. The van der Waals surface area contributed by atoms with Gasteiger partial charge in [-0.25, -0.2) is 17.5 Å². The molecule has 1 heterocycles. The van der Waals surface area contributed by atoms with Crippen LogP contribution in [0.1, 0.15) is 12.0 Å². The van der Waals surface area contributed by atoms with E-state index in [-0.39, 0.29) is 23.8 Å². The number of hydrogen-bond donors (Lipinski definition) is 3. The first-order valence-corrected chi connectivity index (χ1v) is 11.8. The topological polar surface area (TPSA) is 105 Å². The summed E-state index contributed by atoms with van der Waals surface area (Å²) in [7, 11) is -3.96. The van der Waals surface area contributed by atoms with Gasteiger partial charge in [0.1, 0.15) is 11.9 Å². The lowest BCUT2D eigenvalue weighted by Gasteiger charge is -2.31. The molecular formula is C21H21Cl2FN2O5S. The normalized spacial score (nSPS) is 20.8. The maximum atomic E-state index is 13.1. The van der Waals surface area contributed by atoms with Crippen LogP contribution in [-0.2, 0) is 26.1 Å². The predicted molar refractivity (Wildman–Crippen MR) is 118 cm³/mol. The molecular weight excluding hydrogens is 482 g/mol. The van der Waals surface area contributed by atoms with Crippen LogP contribution >= 0.6 is 23.2 Å². The molecule has 7 nitrogen and oxygen atoms in total. The van der Waals surface area contributed by atoms with E-state index < -0.39 is 40.7 Å². The van der Waals surface area contributed by atoms with Gasteiger partial charge in [0.25, 0.3) is 0 Å². The zero-order chi connectivity index (χ0) is 23.3. The lowest BCUT2D eigenvalue weighted by molar-refractivity contribution is -0.125. The Bertz CT molecular complexity index is 1100. The summed E-state index contributed by atoms with van der Waals surface area (Å²) >= 11 is 11.8. The molecule has 1 amide bonds. The number of carbonyl (C=O) groups excluding carboxylic acids is 1. The number of sulfonamides is 1. The van der Waals surface area contributed by atoms with Crippen LogP contribution in [0, 0.1) is 5.82 Å². The summed E-state index contributed by atoms with van der Waals surface area (Å²) in [5, 5.41) is 13.2. The first kappa shape index (κ1) is 24.6. The number of carbonyl (C=O) groups is 1. The molecule has 32 heavy (non-hydrogen) atoms. The summed E-state index contributed by atoms with van der Waals surface area (Å²) in [6.45, 7) is -0.224. The fraction of sp³-hybridized carbons (Fsp3) is 0.286. The summed E-state index contributed by atoms with van der Waals surface area (Å²) in [4.78, 5) is 12.1. The maximum absolute atomic E-state index is 13.1. The van der Waals surface area contributed by atoms with Gasteiger partial charge in [-0.05, 0) is 42.0 Å². The van der Waals surface area contributed by atoms with Gasteiger partial charge in [0.2, 0.25) is 15.9 Å². The molecule has 2 aromatic carbocycles. The van der Waals surface area contributed by atoms with E-state index in [1.165, 1.54) is 6.08 Å². The number of aliphatic hydroxyl groups is 1. The summed E-state index contributed by atoms with van der Waals surface area (Å²) < 4.78 is 46.2. The molecule has 0 bridgehead atoms. The Balaban J connectivity index is 1.57. The van der Waals surface area contributed by atoms with Crippen LogP contribution in [0.5, 0.6) is 0 Å². The molecule has 11 heteroatoms. The van der Waals surface area contributed by atoms with Crippen molar-refractivity contribution >= 4 is 39.1 Å². The highest BCUT2D eigenvalue weighted by molar-refractivity contribution is 7.89. The van der Waals surface area contributed by atoms with Gasteiger partial charge in [0, 0.05) is 6.54 Å². The highest BCUT2D eigenvalue weighted by Gasteiger charge is 2.31. The Kier molecular flexibility index (Phi) is 8.26. The number of nitrogens with one attached hydrogen (secondary N) is 2. The number of hydrogen-bond acceptors (Lipinski definition) is 5. The number of ether oxygens (including phenoxy) is 1. The van der Waals surface area contributed by atoms with E-state index in [4.69, 9.17) is 27.9 Å². The SMILES string of the molecule is O=C(C[C@H]1C=C[C@@H](NS(=O)(=O)c2ccc(F)cc2)[C@@H](CO)O1)NCc1ccc(Cl)c(Cl)c1. The molecule has 0 aliphatic carbocycles. The van der Waals surface area contributed by atoms with Gasteiger partial charge in [0.15, 0.2) is 0 Å². The van der Waals surface area contributed by atoms with Gasteiger partial charge in [-0.1, -0.05) is 41.4 Å². The van der Waals surface area contributed by atoms with Crippen molar-refractivity contribution in [1.29, 1.82) is 0 Å². The Morgan fingerprint density at radius 2 is 1.81 bits per heavy atom. The van der Waals surface area contributed by atoms with Gasteiger partial charge in [-0.2, -0.15) is 0 Å². The van der Waals surface area contributed by atoms with E-state index in [1.54, 1.807) is 24.3 Å². The average Bonchev–Trinajstić information content (AvgIpc) is 2.75. The highest BCUT2D eigenvalue weighted by atomic mass is 35.5. The second-order valence-electron chi connectivity index (χ2n) is 7.11. The van der Waals surface area contributed by atoms with Crippen molar-refractivity contribution < 1.29 is 27.4 Å². The number of amides is 1. The minimum Gasteiger partial charge on any atom is -0.394 e. The van der Waals surface area contributed by atoms with Gasteiger partial charge in [-0.15, -0.1) is 0 Å². The largest absolute Gasteiger partial charge is 0.394 e. The van der Waals surface area contributed by atoms with Gasteiger partial charge < -0.3 is 15.2 Å². The zero-order valence-corrected chi connectivity index (χ0v) is 19.0. The second kappa shape index (κ2) is 10.7. The Morgan fingerprint density at radius 3 is 2.47 bits per heavy atom. The summed E-state index contributed by atoms with van der Waals surface area (Å²) in [6.07, 6.45) is 1.52. The molecule has 0 fully saturated rings. The molecule has 2 aromatic rings. The van der Waals surface area contributed by atoms with E-state index in [0.717, 1.165) is 29.8 Å². The fourth-order valence-electron chi connectivity index (χ4n) is 3.08. The first-order valence-electron chi connectivity index (χ1n) is 9.61. The third kappa shape index (κ3) is 6.50. The van der Waals surface area contributed by atoms with Crippen molar-refractivity contribution in [2.75, 3.05) is 6.61 Å². The summed E-state index contributed by atoms with van der Waals surface area (Å²) in [5.41, 5.74) is 0.774. The van der Waals surface area contributed by atoms with Gasteiger partial charge in [0.05, 0.1) is 40.1 Å². The van der Waals surface area contributed by atoms with E-state index in [9.17, 15) is 22.7 Å².